The van der Waals surface area contributed by atoms with E-state index in [0.717, 1.165) is 6.42 Å². The molecule has 1 heterocycles. The normalized spacial score (nSPS) is 23.4. The first-order valence-electron chi connectivity index (χ1n) is 7.05. The Morgan fingerprint density at radius 2 is 2.11 bits per heavy atom. The van der Waals surface area contributed by atoms with Crippen LogP contribution < -0.4 is 0 Å². The fourth-order valence-electron chi connectivity index (χ4n) is 3.19. The molecule has 1 heteroatoms. The number of benzene rings is 1. The molecule has 0 saturated carbocycles. The highest BCUT2D eigenvalue weighted by Crippen LogP contribution is 2.41. The van der Waals surface area contributed by atoms with E-state index in [-0.39, 0.29) is 0 Å². The Morgan fingerprint density at radius 1 is 1.32 bits per heavy atom. The number of H-pyrrole nitrogens is 1. The van der Waals surface area contributed by atoms with Crippen LogP contribution >= 0.6 is 0 Å². The average Bonchev–Trinajstić information content (AvgIpc) is 2.83. The Hall–Kier alpha value is -1.76. The van der Waals surface area contributed by atoms with Crippen LogP contribution in [0.5, 0.6) is 0 Å². The molecule has 1 aliphatic rings. The lowest BCUT2D eigenvalue weighted by molar-refractivity contribution is 0.497. The van der Waals surface area contributed by atoms with E-state index in [1.165, 1.54) is 34.0 Å². The summed E-state index contributed by atoms with van der Waals surface area (Å²) < 4.78 is 0. The van der Waals surface area contributed by atoms with Gasteiger partial charge in [-0.25, -0.2) is 0 Å². The molecule has 0 fully saturated rings. The summed E-state index contributed by atoms with van der Waals surface area (Å²) in [5.41, 5.74) is 5.49. The predicted octanol–water partition coefficient (Wildman–Crippen LogP) is 5.18. The van der Waals surface area contributed by atoms with Gasteiger partial charge in [0.2, 0.25) is 0 Å². The molecule has 2 unspecified atom stereocenters. The topological polar surface area (TPSA) is 15.8 Å². The number of fused-ring (bicyclic) bond motifs is 1. The van der Waals surface area contributed by atoms with Gasteiger partial charge >= 0.3 is 0 Å². The zero-order valence-corrected chi connectivity index (χ0v) is 11.7. The number of hydrogen-bond donors (Lipinski definition) is 1. The number of para-hydroxylation sites is 1. The summed E-state index contributed by atoms with van der Waals surface area (Å²) in [7, 11) is 0. The zero-order chi connectivity index (χ0) is 13.4. The lowest BCUT2D eigenvalue weighted by Crippen LogP contribution is -2.14. The van der Waals surface area contributed by atoms with Crippen molar-refractivity contribution >= 4 is 10.9 Å². The highest BCUT2D eigenvalue weighted by molar-refractivity contribution is 5.84. The van der Waals surface area contributed by atoms with Gasteiger partial charge in [0.15, 0.2) is 0 Å². The van der Waals surface area contributed by atoms with Crippen molar-refractivity contribution in [1.29, 1.82) is 0 Å². The van der Waals surface area contributed by atoms with Gasteiger partial charge in [-0.15, -0.1) is 0 Å². The van der Waals surface area contributed by atoms with Crippen LogP contribution in [0.15, 0.2) is 54.3 Å². The Morgan fingerprint density at radius 3 is 2.89 bits per heavy atom. The Balaban J connectivity index is 2.03. The van der Waals surface area contributed by atoms with Crippen LogP contribution in [0.3, 0.4) is 0 Å². The number of rotatable bonds is 2. The molecule has 1 aromatic carbocycles. The van der Waals surface area contributed by atoms with Gasteiger partial charge in [-0.1, -0.05) is 42.0 Å². The van der Waals surface area contributed by atoms with E-state index in [9.17, 15) is 0 Å². The first-order chi connectivity index (χ1) is 9.16. The smallest absolute Gasteiger partial charge is 0.0457 e. The number of aromatic nitrogens is 1. The minimum Gasteiger partial charge on any atom is -0.361 e. The lowest BCUT2D eigenvalue weighted by atomic mass is 9.76. The van der Waals surface area contributed by atoms with E-state index in [1.807, 2.05) is 0 Å². The molecule has 2 aromatic rings. The first kappa shape index (κ1) is 12.3. The molecule has 1 N–H and O–H groups in total. The number of aromatic amines is 1. The Bertz CT molecular complexity index is 645. The van der Waals surface area contributed by atoms with Crippen LogP contribution in [-0.2, 0) is 0 Å². The number of allylic oxidation sites excluding steroid dienone is 3. The molecule has 0 spiro atoms. The maximum absolute atomic E-state index is 4.14. The number of hydrogen-bond acceptors (Lipinski definition) is 0. The van der Waals surface area contributed by atoms with E-state index < -0.39 is 0 Å². The molecule has 0 bridgehead atoms. The van der Waals surface area contributed by atoms with Crippen molar-refractivity contribution in [2.75, 3.05) is 0 Å². The van der Waals surface area contributed by atoms with Gasteiger partial charge in [0.05, 0.1) is 0 Å². The van der Waals surface area contributed by atoms with Crippen LogP contribution in [0, 0.1) is 5.92 Å². The second kappa shape index (κ2) is 4.73. The third-order valence-corrected chi connectivity index (χ3v) is 4.49. The molecule has 2 atom stereocenters. The SMILES string of the molecule is C=C(C)C1CC=C(C)C(c2c[nH]c3ccccc23)C1. The van der Waals surface area contributed by atoms with Crippen molar-refractivity contribution < 1.29 is 0 Å². The van der Waals surface area contributed by atoms with E-state index in [0.29, 0.717) is 11.8 Å². The quantitative estimate of drug-likeness (QED) is 0.707. The summed E-state index contributed by atoms with van der Waals surface area (Å²) in [5.74, 6) is 1.16. The maximum atomic E-state index is 4.14. The molecule has 1 aliphatic carbocycles. The summed E-state index contributed by atoms with van der Waals surface area (Å²) in [6, 6.07) is 8.58. The van der Waals surface area contributed by atoms with Crippen LogP contribution in [0.2, 0.25) is 0 Å². The van der Waals surface area contributed by atoms with Gasteiger partial charge in [-0.2, -0.15) is 0 Å². The summed E-state index contributed by atoms with van der Waals surface area (Å²) in [5, 5.41) is 1.36. The molecule has 1 nitrogen and oxygen atoms in total. The molecule has 0 radical (unpaired) electrons. The van der Waals surface area contributed by atoms with Gasteiger partial charge in [0.1, 0.15) is 0 Å². The summed E-state index contributed by atoms with van der Waals surface area (Å²) in [6.07, 6.45) is 6.93. The second-order valence-corrected chi connectivity index (χ2v) is 5.81. The minimum atomic E-state index is 0.534. The summed E-state index contributed by atoms with van der Waals surface area (Å²) in [4.78, 5) is 3.40. The van der Waals surface area contributed by atoms with E-state index >= 15 is 0 Å². The number of nitrogens with one attached hydrogen (secondary N) is 1. The average molecular weight is 251 g/mol. The van der Waals surface area contributed by atoms with Crippen molar-refractivity contribution in [3.8, 4) is 0 Å². The Kier molecular flexibility index (Phi) is 3.06. The monoisotopic (exact) mass is 251 g/mol. The first-order valence-corrected chi connectivity index (χ1v) is 7.05. The zero-order valence-electron chi connectivity index (χ0n) is 11.7. The van der Waals surface area contributed by atoms with E-state index in [4.69, 9.17) is 0 Å². The molecule has 0 aliphatic heterocycles. The van der Waals surface area contributed by atoms with Crippen molar-refractivity contribution in [3.05, 3.63) is 59.8 Å². The third-order valence-electron chi connectivity index (χ3n) is 4.49. The largest absolute Gasteiger partial charge is 0.361 e. The van der Waals surface area contributed by atoms with Gasteiger partial charge < -0.3 is 4.98 Å². The highest BCUT2D eigenvalue weighted by atomic mass is 14.7. The molecular weight excluding hydrogens is 230 g/mol. The minimum absolute atomic E-state index is 0.534. The molecule has 3 rings (SSSR count). The van der Waals surface area contributed by atoms with Crippen molar-refractivity contribution in [3.63, 3.8) is 0 Å². The van der Waals surface area contributed by atoms with Crippen molar-refractivity contribution in [1.82, 2.24) is 4.98 Å². The maximum Gasteiger partial charge on any atom is 0.0457 e. The van der Waals surface area contributed by atoms with Gasteiger partial charge in [0, 0.05) is 23.0 Å². The van der Waals surface area contributed by atoms with E-state index in [2.05, 4.69) is 61.9 Å². The van der Waals surface area contributed by atoms with Gasteiger partial charge in [0.25, 0.3) is 0 Å². The molecule has 1 aromatic heterocycles. The molecule has 98 valence electrons. The lowest BCUT2D eigenvalue weighted by Gasteiger charge is -2.29. The predicted molar refractivity (Wildman–Crippen MR) is 82.3 cm³/mol. The third kappa shape index (κ3) is 2.14. The molecule has 0 amide bonds. The fraction of sp³-hybridized carbons (Fsp3) is 0.333. The highest BCUT2D eigenvalue weighted by Gasteiger charge is 2.25. The second-order valence-electron chi connectivity index (χ2n) is 5.81. The summed E-state index contributed by atoms with van der Waals surface area (Å²) in [6.45, 7) is 8.57. The van der Waals surface area contributed by atoms with Gasteiger partial charge in [-0.3, -0.25) is 0 Å². The van der Waals surface area contributed by atoms with Crippen molar-refractivity contribution in [2.24, 2.45) is 5.92 Å². The van der Waals surface area contributed by atoms with Crippen LogP contribution in [0.25, 0.3) is 10.9 Å². The van der Waals surface area contributed by atoms with E-state index in [1.54, 1.807) is 0 Å². The molecule has 0 saturated heterocycles. The standard InChI is InChI=1S/C18H21N/c1-12(2)14-9-8-13(3)16(10-14)17-11-19-18-7-5-4-6-15(17)18/h4-8,11,14,16,19H,1,9-10H2,2-3H3. The fourth-order valence-corrected chi connectivity index (χ4v) is 3.19. The van der Waals surface area contributed by atoms with Crippen LogP contribution in [0.4, 0.5) is 0 Å². The van der Waals surface area contributed by atoms with Crippen LogP contribution in [0.1, 0.15) is 38.2 Å². The molecule has 19 heavy (non-hydrogen) atoms. The summed E-state index contributed by atoms with van der Waals surface area (Å²) >= 11 is 0. The molecular formula is C18H21N. The van der Waals surface area contributed by atoms with Gasteiger partial charge in [-0.05, 0) is 44.2 Å². The van der Waals surface area contributed by atoms with Crippen LogP contribution in [-0.4, -0.2) is 4.98 Å². The van der Waals surface area contributed by atoms with Crippen molar-refractivity contribution in [2.45, 2.75) is 32.6 Å². The Labute approximate surface area is 115 Å².